The molecule has 6 aliphatic carbocycles. The maximum atomic E-state index is 9.76. The zero-order valence-corrected chi connectivity index (χ0v) is 8.19. The molecule has 0 aliphatic heterocycles. The molecule has 2 N–H and O–H groups in total. The molecule has 0 radical (unpaired) electrons. The van der Waals surface area contributed by atoms with Crippen LogP contribution in [-0.4, -0.2) is 23.4 Å². The lowest BCUT2D eigenvalue weighted by molar-refractivity contribution is -0.317. The molecule has 0 aromatic rings. The van der Waals surface area contributed by atoms with Crippen molar-refractivity contribution in [3.05, 3.63) is 0 Å². The first kappa shape index (κ1) is 7.24. The Hall–Kier alpha value is -0.0800. The molecule has 6 aliphatic rings. The van der Waals surface area contributed by atoms with Gasteiger partial charge in [-0.3, -0.25) is 0 Å². The van der Waals surface area contributed by atoms with Gasteiger partial charge >= 0.3 is 0 Å². The van der Waals surface area contributed by atoms with Gasteiger partial charge in [0, 0.05) is 24.0 Å². The molecule has 0 heterocycles. The molecule has 0 saturated heterocycles. The van der Waals surface area contributed by atoms with Gasteiger partial charge in [-0.05, 0) is 48.3 Å². The van der Waals surface area contributed by atoms with E-state index in [4.69, 9.17) is 0 Å². The summed E-state index contributed by atoms with van der Waals surface area (Å²) in [7, 11) is 0. The Kier molecular flexibility index (Phi) is 0.825. The van der Waals surface area contributed by atoms with Crippen molar-refractivity contribution < 1.29 is 10.2 Å². The molecule has 2 heteroatoms. The second-order valence-corrected chi connectivity index (χ2v) is 6.52. The van der Waals surface area contributed by atoms with Crippen molar-refractivity contribution in [1.29, 1.82) is 0 Å². The van der Waals surface area contributed by atoms with Crippen molar-refractivity contribution >= 4 is 0 Å². The average molecular weight is 192 g/mol. The van der Waals surface area contributed by atoms with E-state index in [1.807, 2.05) is 0 Å². The molecule has 8 unspecified atom stereocenters. The third kappa shape index (κ3) is 0.327. The van der Waals surface area contributed by atoms with Crippen molar-refractivity contribution in [1.82, 2.24) is 0 Å². The lowest BCUT2D eigenvalue weighted by atomic mass is 9.29. The standard InChI is InChI=1S/C12H16O2/c13-3-11-2-6-7-1-5-8(6)10(11)9(5)12(7,11)4-14/h5-10,13-14H,1-4H2. The van der Waals surface area contributed by atoms with Gasteiger partial charge in [0.25, 0.3) is 0 Å². The van der Waals surface area contributed by atoms with Gasteiger partial charge in [-0.1, -0.05) is 0 Å². The Balaban J connectivity index is 1.80. The summed E-state index contributed by atoms with van der Waals surface area (Å²) in [5.74, 6) is 5.29. The highest BCUT2D eigenvalue weighted by Gasteiger charge is 2.95. The van der Waals surface area contributed by atoms with E-state index in [0.717, 1.165) is 35.5 Å². The van der Waals surface area contributed by atoms with Gasteiger partial charge < -0.3 is 10.2 Å². The summed E-state index contributed by atoms with van der Waals surface area (Å²) < 4.78 is 0. The summed E-state index contributed by atoms with van der Waals surface area (Å²) >= 11 is 0. The molecule has 2 nitrogen and oxygen atoms in total. The second kappa shape index (κ2) is 1.60. The molecule has 8 atom stereocenters. The fourth-order valence-electron chi connectivity index (χ4n) is 7.38. The Morgan fingerprint density at radius 1 is 1.07 bits per heavy atom. The Morgan fingerprint density at radius 2 is 1.93 bits per heavy atom. The Morgan fingerprint density at radius 3 is 2.64 bits per heavy atom. The molecule has 4 bridgehead atoms. The van der Waals surface area contributed by atoms with Crippen LogP contribution in [0.2, 0.25) is 0 Å². The van der Waals surface area contributed by atoms with Crippen molar-refractivity contribution in [2.24, 2.45) is 46.3 Å². The molecule has 14 heavy (non-hydrogen) atoms. The van der Waals surface area contributed by atoms with E-state index >= 15 is 0 Å². The highest BCUT2D eigenvalue weighted by atomic mass is 16.3. The number of rotatable bonds is 2. The number of hydrogen-bond donors (Lipinski definition) is 2. The van der Waals surface area contributed by atoms with Crippen molar-refractivity contribution in [3.8, 4) is 0 Å². The summed E-state index contributed by atoms with van der Waals surface area (Å²) in [6, 6.07) is 0. The minimum atomic E-state index is 0.194. The molecule has 6 rings (SSSR count). The maximum Gasteiger partial charge on any atom is 0.0499 e. The van der Waals surface area contributed by atoms with Gasteiger partial charge in [-0.25, -0.2) is 0 Å². The van der Waals surface area contributed by atoms with Crippen LogP contribution in [0.25, 0.3) is 0 Å². The van der Waals surface area contributed by atoms with Crippen LogP contribution in [0.5, 0.6) is 0 Å². The molecule has 0 aromatic heterocycles. The van der Waals surface area contributed by atoms with Crippen molar-refractivity contribution in [2.45, 2.75) is 12.8 Å². The van der Waals surface area contributed by atoms with Crippen LogP contribution >= 0.6 is 0 Å². The first-order valence-electron chi connectivity index (χ1n) is 6.03. The number of hydrogen-bond acceptors (Lipinski definition) is 2. The smallest absolute Gasteiger partial charge is 0.0499 e. The van der Waals surface area contributed by atoms with E-state index in [1.165, 1.54) is 12.8 Å². The van der Waals surface area contributed by atoms with Crippen LogP contribution in [0.1, 0.15) is 12.8 Å². The van der Waals surface area contributed by atoms with Crippen molar-refractivity contribution in [2.75, 3.05) is 13.2 Å². The van der Waals surface area contributed by atoms with Crippen LogP contribution in [-0.2, 0) is 0 Å². The lowest BCUT2D eigenvalue weighted by Crippen LogP contribution is -2.75. The number of aliphatic hydroxyl groups excluding tert-OH is 2. The largest absolute Gasteiger partial charge is 0.396 e. The highest BCUT2D eigenvalue weighted by molar-refractivity contribution is 5.42. The van der Waals surface area contributed by atoms with Crippen LogP contribution in [0, 0.1) is 46.3 Å². The third-order valence-electron chi connectivity index (χ3n) is 7.26. The molecule has 6 fully saturated rings. The maximum absolute atomic E-state index is 9.76. The van der Waals surface area contributed by atoms with E-state index in [2.05, 4.69) is 0 Å². The van der Waals surface area contributed by atoms with E-state index < -0.39 is 0 Å². The van der Waals surface area contributed by atoms with Crippen LogP contribution < -0.4 is 0 Å². The van der Waals surface area contributed by atoms with Gasteiger partial charge in [0.05, 0.1) is 0 Å². The monoisotopic (exact) mass is 192 g/mol. The lowest BCUT2D eigenvalue weighted by Gasteiger charge is -2.75. The van der Waals surface area contributed by atoms with E-state index in [0.29, 0.717) is 13.2 Å². The zero-order valence-electron chi connectivity index (χ0n) is 8.19. The van der Waals surface area contributed by atoms with Gasteiger partial charge in [0.1, 0.15) is 0 Å². The summed E-state index contributed by atoms with van der Waals surface area (Å²) in [5.41, 5.74) is 0.399. The summed E-state index contributed by atoms with van der Waals surface area (Å²) in [4.78, 5) is 0. The van der Waals surface area contributed by atoms with Crippen molar-refractivity contribution in [3.63, 3.8) is 0 Å². The van der Waals surface area contributed by atoms with Crippen LogP contribution in [0.15, 0.2) is 0 Å². The molecular formula is C12H16O2. The highest BCUT2D eigenvalue weighted by Crippen LogP contribution is 2.97. The van der Waals surface area contributed by atoms with Gasteiger partial charge in [0.2, 0.25) is 0 Å². The Bertz CT molecular complexity index is 354. The predicted octanol–water partition coefficient (Wildman–Crippen LogP) is 0.489. The topological polar surface area (TPSA) is 40.5 Å². The third-order valence-corrected chi connectivity index (χ3v) is 7.26. The fraction of sp³-hybridized carbons (Fsp3) is 1.00. The fourth-order valence-corrected chi connectivity index (χ4v) is 7.38. The summed E-state index contributed by atoms with van der Waals surface area (Å²) in [6.07, 6.45) is 2.63. The second-order valence-electron chi connectivity index (χ2n) is 6.52. The first-order chi connectivity index (χ1) is 6.82. The molecule has 0 amide bonds. The Labute approximate surface area is 83.3 Å². The SMILES string of the molecule is OCC12CC3C4C5CC3C1(CO)C5C42. The first-order valence-corrected chi connectivity index (χ1v) is 6.03. The summed E-state index contributed by atoms with van der Waals surface area (Å²) in [5, 5.41) is 19.5. The summed E-state index contributed by atoms with van der Waals surface area (Å²) in [6.45, 7) is 0.712. The van der Waals surface area contributed by atoms with E-state index in [1.54, 1.807) is 0 Å². The molecule has 0 aromatic carbocycles. The number of aliphatic hydroxyl groups is 2. The average Bonchev–Trinajstić information content (AvgIpc) is 2.65. The quantitative estimate of drug-likeness (QED) is 0.668. The zero-order chi connectivity index (χ0) is 9.29. The predicted molar refractivity (Wildman–Crippen MR) is 49.2 cm³/mol. The van der Waals surface area contributed by atoms with Crippen LogP contribution in [0.4, 0.5) is 0 Å². The van der Waals surface area contributed by atoms with Gasteiger partial charge in [-0.15, -0.1) is 0 Å². The minimum absolute atomic E-state index is 0.194. The van der Waals surface area contributed by atoms with E-state index in [9.17, 15) is 10.2 Å². The normalized spacial score (nSPS) is 79.3. The molecule has 0 spiro atoms. The molecule has 6 saturated carbocycles. The van der Waals surface area contributed by atoms with Crippen LogP contribution in [0.3, 0.4) is 0 Å². The molecular weight excluding hydrogens is 176 g/mol. The minimum Gasteiger partial charge on any atom is -0.396 e. The van der Waals surface area contributed by atoms with Gasteiger partial charge in [-0.2, -0.15) is 0 Å². The molecule has 76 valence electrons. The van der Waals surface area contributed by atoms with E-state index in [-0.39, 0.29) is 10.8 Å². The van der Waals surface area contributed by atoms with Gasteiger partial charge in [0.15, 0.2) is 0 Å².